The summed E-state index contributed by atoms with van der Waals surface area (Å²) in [5, 5.41) is 6.31. The van der Waals surface area contributed by atoms with E-state index in [1.807, 2.05) is 12.1 Å². The third-order valence-electron chi connectivity index (χ3n) is 6.48. The summed E-state index contributed by atoms with van der Waals surface area (Å²) in [7, 11) is 0. The van der Waals surface area contributed by atoms with Gasteiger partial charge < -0.3 is 15.5 Å². The van der Waals surface area contributed by atoms with Gasteiger partial charge in [0.2, 0.25) is 5.95 Å². The number of piperazine rings is 1. The lowest BCUT2D eigenvalue weighted by molar-refractivity contribution is 0.101. The number of anilines is 3. The van der Waals surface area contributed by atoms with Crippen molar-refractivity contribution in [3.05, 3.63) is 59.9 Å². The molecule has 4 aromatic heterocycles. The van der Waals surface area contributed by atoms with Crippen LogP contribution in [0.5, 0.6) is 0 Å². The van der Waals surface area contributed by atoms with Gasteiger partial charge in [-0.05, 0) is 31.0 Å². The number of aromatic nitrogens is 5. The number of halogens is 2. The van der Waals surface area contributed by atoms with Crippen LogP contribution in [0.4, 0.5) is 26.2 Å². The fraction of sp³-hybridized carbons (Fsp3) is 0.320. The number of Topliss-reactive ketones (excluding diaryl/α,β-unsaturated/α-hetero) is 1. The quantitative estimate of drug-likeness (QED) is 0.395. The largest absolute Gasteiger partial charge is 0.368 e. The summed E-state index contributed by atoms with van der Waals surface area (Å²) in [6.45, 7) is 5.03. The van der Waals surface area contributed by atoms with E-state index in [1.54, 1.807) is 16.8 Å². The van der Waals surface area contributed by atoms with Gasteiger partial charge in [0.15, 0.2) is 11.6 Å². The van der Waals surface area contributed by atoms with Crippen molar-refractivity contribution in [3.63, 3.8) is 0 Å². The van der Waals surface area contributed by atoms with Crippen molar-refractivity contribution >= 4 is 28.8 Å². The lowest BCUT2D eigenvalue weighted by atomic mass is 10.1. The molecule has 2 fully saturated rings. The molecule has 0 atom stereocenters. The van der Waals surface area contributed by atoms with Crippen molar-refractivity contribution < 1.29 is 13.6 Å². The van der Waals surface area contributed by atoms with E-state index in [0.717, 1.165) is 50.9 Å². The van der Waals surface area contributed by atoms with E-state index in [2.05, 4.69) is 35.5 Å². The van der Waals surface area contributed by atoms with Gasteiger partial charge in [-0.25, -0.2) is 28.7 Å². The summed E-state index contributed by atoms with van der Waals surface area (Å²) < 4.78 is 31.6. The molecular formula is C25H24F2N8O. The normalized spacial score (nSPS) is 15.9. The minimum absolute atomic E-state index is 0.0643. The van der Waals surface area contributed by atoms with E-state index in [4.69, 9.17) is 0 Å². The van der Waals surface area contributed by atoms with Gasteiger partial charge in [-0.2, -0.15) is 0 Å². The van der Waals surface area contributed by atoms with E-state index >= 15 is 4.39 Å². The number of carbonyl (C=O) groups excluding carboxylic acids is 1. The molecule has 0 spiro atoms. The molecule has 0 bridgehead atoms. The van der Waals surface area contributed by atoms with Crippen LogP contribution in [0.15, 0.2) is 36.8 Å². The van der Waals surface area contributed by atoms with Crippen LogP contribution in [0.25, 0.3) is 16.8 Å². The summed E-state index contributed by atoms with van der Waals surface area (Å²) in [5.41, 5.74) is 1.37. The minimum atomic E-state index is -0.693. The van der Waals surface area contributed by atoms with Crippen molar-refractivity contribution in [3.8, 4) is 11.3 Å². The van der Waals surface area contributed by atoms with Crippen molar-refractivity contribution in [2.75, 3.05) is 36.4 Å². The highest BCUT2D eigenvalue weighted by atomic mass is 19.1. The maximum Gasteiger partial charge on any atom is 0.229 e. The highest BCUT2D eigenvalue weighted by Gasteiger charge is 2.31. The number of pyridine rings is 2. The molecule has 184 valence electrons. The summed E-state index contributed by atoms with van der Waals surface area (Å²) in [4.78, 5) is 31.5. The maximum atomic E-state index is 15.2. The lowest BCUT2D eigenvalue weighted by Crippen LogP contribution is -2.43. The molecule has 1 aliphatic carbocycles. The zero-order valence-corrected chi connectivity index (χ0v) is 19.6. The van der Waals surface area contributed by atoms with Crippen LogP contribution >= 0.6 is 0 Å². The van der Waals surface area contributed by atoms with Gasteiger partial charge in [-0.15, -0.1) is 0 Å². The van der Waals surface area contributed by atoms with E-state index in [9.17, 15) is 9.18 Å². The fourth-order valence-electron chi connectivity index (χ4n) is 4.51. The molecule has 2 aliphatic rings. The van der Waals surface area contributed by atoms with Crippen molar-refractivity contribution in [1.29, 1.82) is 0 Å². The third kappa shape index (κ3) is 4.15. The molecule has 1 aliphatic heterocycles. The molecule has 36 heavy (non-hydrogen) atoms. The van der Waals surface area contributed by atoms with E-state index in [-0.39, 0.29) is 40.1 Å². The van der Waals surface area contributed by atoms with Crippen LogP contribution in [-0.4, -0.2) is 56.3 Å². The second-order valence-electron chi connectivity index (χ2n) is 9.10. The average Bonchev–Trinajstić information content (AvgIpc) is 3.65. The van der Waals surface area contributed by atoms with Gasteiger partial charge in [-0.3, -0.25) is 9.20 Å². The molecule has 0 aromatic carbocycles. The molecule has 1 saturated heterocycles. The Morgan fingerprint density at radius 1 is 1.08 bits per heavy atom. The number of hydrogen-bond donors (Lipinski definition) is 2. The van der Waals surface area contributed by atoms with Crippen molar-refractivity contribution in [2.45, 2.75) is 25.7 Å². The Bertz CT molecular complexity index is 1460. The van der Waals surface area contributed by atoms with Gasteiger partial charge in [0.1, 0.15) is 34.4 Å². The van der Waals surface area contributed by atoms with Gasteiger partial charge in [-0.1, -0.05) is 0 Å². The van der Waals surface area contributed by atoms with Crippen LogP contribution in [0.2, 0.25) is 0 Å². The Hall–Kier alpha value is -3.99. The Morgan fingerprint density at radius 3 is 2.58 bits per heavy atom. The average molecular weight is 491 g/mol. The number of fused-ring (bicyclic) bond motifs is 1. The number of imidazole rings is 1. The van der Waals surface area contributed by atoms with Gasteiger partial charge >= 0.3 is 0 Å². The molecular weight excluding hydrogens is 466 g/mol. The van der Waals surface area contributed by atoms with Crippen LogP contribution < -0.4 is 15.5 Å². The number of nitrogens with one attached hydrogen (secondary N) is 2. The SMILES string of the molecule is CC(=O)c1nc(C2CC2)n2cc(-c3nc(Nc4ccc(N5CCNCC5)cn4)ncc3F)cc(F)c12. The molecule has 1 saturated carbocycles. The topological polar surface area (TPSA) is 100 Å². The van der Waals surface area contributed by atoms with Crippen molar-refractivity contribution in [2.24, 2.45) is 0 Å². The molecule has 0 radical (unpaired) electrons. The lowest BCUT2D eigenvalue weighted by Gasteiger charge is -2.29. The van der Waals surface area contributed by atoms with Crippen LogP contribution in [0, 0.1) is 11.6 Å². The Labute approximate surface area is 205 Å². The Morgan fingerprint density at radius 2 is 1.89 bits per heavy atom. The molecule has 5 heterocycles. The monoisotopic (exact) mass is 490 g/mol. The predicted octanol–water partition coefficient (Wildman–Crippen LogP) is 3.70. The summed E-state index contributed by atoms with van der Waals surface area (Å²) >= 11 is 0. The summed E-state index contributed by atoms with van der Waals surface area (Å²) in [5.74, 6) is -0.269. The molecule has 4 aromatic rings. The number of hydrogen-bond acceptors (Lipinski definition) is 8. The zero-order chi connectivity index (χ0) is 24.8. The van der Waals surface area contributed by atoms with Gasteiger partial charge in [0.25, 0.3) is 0 Å². The number of nitrogens with zero attached hydrogens (tertiary/aromatic N) is 6. The first kappa shape index (κ1) is 22.5. The van der Waals surface area contributed by atoms with Crippen LogP contribution in [0.3, 0.4) is 0 Å². The van der Waals surface area contributed by atoms with Crippen LogP contribution in [-0.2, 0) is 0 Å². The first-order valence-electron chi connectivity index (χ1n) is 11.9. The van der Waals surface area contributed by atoms with Gasteiger partial charge in [0, 0.05) is 50.8 Å². The third-order valence-corrected chi connectivity index (χ3v) is 6.48. The summed E-state index contributed by atoms with van der Waals surface area (Å²) in [6.07, 6.45) is 6.23. The minimum Gasteiger partial charge on any atom is -0.368 e. The standard InChI is InChI=1S/C25H24F2N8O/c1-14(36)21-23-18(26)10-16(13-35(23)24(32-21)15-2-3-15)22-19(27)12-30-25(33-22)31-20-5-4-17(11-29-20)34-8-6-28-7-9-34/h4-5,10-13,15,28H,2-3,6-9H2,1H3,(H,29,30,31,33). The zero-order valence-electron chi connectivity index (χ0n) is 19.6. The first-order valence-corrected chi connectivity index (χ1v) is 11.9. The number of carbonyl (C=O) groups is 1. The van der Waals surface area contributed by atoms with Crippen molar-refractivity contribution in [1.82, 2.24) is 29.7 Å². The smallest absolute Gasteiger partial charge is 0.229 e. The molecule has 9 nitrogen and oxygen atoms in total. The molecule has 0 amide bonds. The molecule has 0 unspecified atom stereocenters. The fourth-order valence-corrected chi connectivity index (χ4v) is 4.51. The van der Waals surface area contributed by atoms with E-state index in [0.29, 0.717) is 11.6 Å². The van der Waals surface area contributed by atoms with E-state index in [1.165, 1.54) is 13.0 Å². The number of rotatable bonds is 6. The Kier molecular flexibility index (Phi) is 5.56. The van der Waals surface area contributed by atoms with Gasteiger partial charge in [0.05, 0.1) is 18.1 Å². The highest BCUT2D eigenvalue weighted by Crippen LogP contribution is 2.41. The molecule has 11 heteroatoms. The highest BCUT2D eigenvalue weighted by molar-refractivity contribution is 5.99. The second kappa shape index (κ2) is 8.90. The summed E-state index contributed by atoms with van der Waals surface area (Å²) in [6, 6.07) is 4.95. The van der Waals surface area contributed by atoms with E-state index < -0.39 is 11.6 Å². The predicted molar refractivity (Wildman–Crippen MR) is 131 cm³/mol. The Balaban J connectivity index is 1.32. The molecule has 6 rings (SSSR count). The second-order valence-corrected chi connectivity index (χ2v) is 9.10. The van der Waals surface area contributed by atoms with Crippen LogP contribution in [0.1, 0.15) is 42.0 Å². The maximum absolute atomic E-state index is 15.2. The first-order chi connectivity index (χ1) is 17.5. The molecule has 2 N–H and O–H groups in total. The number of ketones is 1.